The third-order valence-corrected chi connectivity index (χ3v) is 2.98. The third-order valence-electron chi connectivity index (χ3n) is 2.31. The van der Waals surface area contributed by atoms with Gasteiger partial charge in [-0.3, -0.25) is 0 Å². The molecular formula is C12H13IN4. The molecule has 0 aliphatic heterocycles. The zero-order valence-corrected chi connectivity index (χ0v) is 11.6. The molecule has 0 fully saturated rings. The molecule has 1 aromatic carbocycles. The Bertz CT molecular complexity index is 528. The fraction of sp³-hybridized carbons (Fsp3) is 0.167. The Balaban J connectivity index is 2.07. The molecule has 0 aliphatic carbocycles. The molecule has 0 saturated carbocycles. The second-order valence-corrected chi connectivity index (χ2v) is 4.93. The first kappa shape index (κ1) is 12.1. The number of hydrogen-bond acceptors (Lipinski definition) is 4. The SMILES string of the molecule is Cc1nccc(CNc2ccc(I)cc2N)n1. The lowest BCUT2D eigenvalue weighted by molar-refractivity contribution is 0.955. The predicted octanol–water partition coefficient (Wildman–Crippen LogP) is 2.58. The van der Waals surface area contributed by atoms with E-state index < -0.39 is 0 Å². The summed E-state index contributed by atoms with van der Waals surface area (Å²) in [5, 5.41) is 3.27. The summed E-state index contributed by atoms with van der Waals surface area (Å²) in [4.78, 5) is 8.38. The minimum atomic E-state index is 0.647. The van der Waals surface area contributed by atoms with Gasteiger partial charge < -0.3 is 11.1 Å². The fourth-order valence-corrected chi connectivity index (χ4v) is 2.00. The van der Waals surface area contributed by atoms with Crippen molar-refractivity contribution in [2.75, 3.05) is 11.1 Å². The summed E-state index contributed by atoms with van der Waals surface area (Å²) >= 11 is 2.24. The van der Waals surface area contributed by atoms with Crippen molar-refractivity contribution in [3.05, 3.63) is 45.6 Å². The van der Waals surface area contributed by atoms with E-state index in [1.54, 1.807) is 6.20 Å². The van der Waals surface area contributed by atoms with E-state index in [9.17, 15) is 0 Å². The van der Waals surface area contributed by atoms with E-state index in [0.29, 0.717) is 6.54 Å². The van der Waals surface area contributed by atoms with Crippen LogP contribution in [0.5, 0.6) is 0 Å². The summed E-state index contributed by atoms with van der Waals surface area (Å²) in [6, 6.07) is 7.83. The Morgan fingerprint density at radius 1 is 1.35 bits per heavy atom. The van der Waals surface area contributed by atoms with Crippen LogP contribution < -0.4 is 11.1 Å². The minimum absolute atomic E-state index is 0.647. The molecule has 0 atom stereocenters. The molecule has 17 heavy (non-hydrogen) atoms. The second-order valence-electron chi connectivity index (χ2n) is 3.68. The van der Waals surface area contributed by atoms with Crippen LogP contribution in [0.3, 0.4) is 0 Å². The number of rotatable bonds is 3. The maximum atomic E-state index is 5.92. The van der Waals surface area contributed by atoms with E-state index in [1.807, 2.05) is 31.2 Å². The molecule has 2 rings (SSSR count). The number of aromatic nitrogens is 2. The van der Waals surface area contributed by atoms with E-state index >= 15 is 0 Å². The van der Waals surface area contributed by atoms with Crippen LogP contribution in [0.4, 0.5) is 11.4 Å². The van der Waals surface area contributed by atoms with Gasteiger partial charge in [0.2, 0.25) is 0 Å². The Morgan fingerprint density at radius 2 is 2.18 bits per heavy atom. The minimum Gasteiger partial charge on any atom is -0.397 e. The Labute approximate surface area is 114 Å². The molecule has 5 heteroatoms. The van der Waals surface area contributed by atoms with Crippen LogP contribution in [0.15, 0.2) is 30.5 Å². The van der Waals surface area contributed by atoms with Gasteiger partial charge in [-0.2, -0.15) is 0 Å². The lowest BCUT2D eigenvalue weighted by Crippen LogP contribution is -2.05. The smallest absolute Gasteiger partial charge is 0.125 e. The predicted molar refractivity (Wildman–Crippen MR) is 77.7 cm³/mol. The quantitative estimate of drug-likeness (QED) is 0.666. The first-order chi connectivity index (χ1) is 8.15. The van der Waals surface area contributed by atoms with E-state index in [4.69, 9.17) is 5.73 Å². The number of hydrogen-bond donors (Lipinski definition) is 2. The maximum Gasteiger partial charge on any atom is 0.125 e. The van der Waals surface area contributed by atoms with Crippen molar-refractivity contribution in [2.24, 2.45) is 0 Å². The molecule has 88 valence electrons. The second kappa shape index (κ2) is 5.31. The van der Waals surface area contributed by atoms with Crippen molar-refractivity contribution >= 4 is 34.0 Å². The van der Waals surface area contributed by atoms with Gasteiger partial charge in [0, 0.05) is 9.77 Å². The first-order valence-electron chi connectivity index (χ1n) is 5.22. The van der Waals surface area contributed by atoms with Gasteiger partial charge in [-0.05, 0) is 53.8 Å². The van der Waals surface area contributed by atoms with Crippen LogP contribution in [-0.2, 0) is 6.54 Å². The number of benzene rings is 1. The van der Waals surface area contributed by atoms with Crippen LogP contribution in [0.25, 0.3) is 0 Å². The molecule has 0 unspecified atom stereocenters. The van der Waals surface area contributed by atoms with E-state index in [0.717, 1.165) is 26.5 Å². The zero-order chi connectivity index (χ0) is 12.3. The van der Waals surface area contributed by atoms with Gasteiger partial charge in [-0.25, -0.2) is 9.97 Å². The molecule has 0 bridgehead atoms. The normalized spacial score (nSPS) is 10.2. The van der Waals surface area contributed by atoms with Gasteiger partial charge in [-0.1, -0.05) is 0 Å². The van der Waals surface area contributed by atoms with Crippen LogP contribution in [0.2, 0.25) is 0 Å². The van der Waals surface area contributed by atoms with E-state index in [-0.39, 0.29) is 0 Å². The Morgan fingerprint density at radius 3 is 2.88 bits per heavy atom. The standard InChI is InChI=1S/C12H13IN4/c1-8-15-5-4-10(17-8)7-16-12-3-2-9(13)6-11(12)14/h2-6,16H,7,14H2,1H3. The highest BCUT2D eigenvalue weighted by Gasteiger charge is 2.00. The molecule has 0 aliphatic rings. The highest BCUT2D eigenvalue weighted by Crippen LogP contribution is 2.21. The van der Waals surface area contributed by atoms with Crippen molar-refractivity contribution in [3.63, 3.8) is 0 Å². The van der Waals surface area contributed by atoms with Gasteiger partial charge in [0.1, 0.15) is 5.82 Å². The van der Waals surface area contributed by atoms with Crippen LogP contribution in [-0.4, -0.2) is 9.97 Å². The largest absolute Gasteiger partial charge is 0.397 e. The number of nitrogen functional groups attached to an aromatic ring is 1. The number of nitrogens with two attached hydrogens (primary N) is 1. The molecule has 3 N–H and O–H groups in total. The van der Waals surface area contributed by atoms with Crippen molar-refractivity contribution in [3.8, 4) is 0 Å². The molecule has 4 nitrogen and oxygen atoms in total. The van der Waals surface area contributed by atoms with Crippen molar-refractivity contribution in [1.82, 2.24) is 9.97 Å². The topological polar surface area (TPSA) is 63.8 Å². The summed E-state index contributed by atoms with van der Waals surface area (Å²) in [6.45, 7) is 2.52. The van der Waals surface area contributed by atoms with Crippen molar-refractivity contribution < 1.29 is 0 Å². The molecule has 1 heterocycles. The average Bonchev–Trinajstić information content (AvgIpc) is 2.28. The van der Waals surface area contributed by atoms with E-state index in [1.165, 1.54) is 0 Å². The summed E-state index contributed by atoms with van der Waals surface area (Å²) in [7, 11) is 0. The lowest BCUT2D eigenvalue weighted by Gasteiger charge is -2.09. The molecule has 2 aromatic rings. The fourth-order valence-electron chi connectivity index (χ4n) is 1.48. The molecule has 1 aromatic heterocycles. The number of aryl methyl sites for hydroxylation is 1. The molecular weight excluding hydrogens is 327 g/mol. The molecule has 0 radical (unpaired) electrons. The highest BCUT2D eigenvalue weighted by molar-refractivity contribution is 14.1. The lowest BCUT2D eigenvalue weighted by atomic mass is 10.2. The Kier molecular flexibility index (Phi) is 3.78. The molecule has 0 spiro atoms. The summed E-state index contributed by atoms with van der Waals surface area (Å²) in [6.07, 6.45) is 1.76. The van der Waals surface area contributed by atoms with Crippen molar-refractivity contribution in [2.45, 2.75) is 13.5 Å². The number of anilines is 2. The van der Waals surface area contributed by atoms with Gasteiger partial charge in [0.25, 0.3) is 0 Å². The summed E-state index contributed by atoms with van der Waals surface area (Å²) in [5.41, 5.74) is 8.55. The maximum absolute atomic E-state index is 5.92. The van der Waals surface area contributed by atoms with Gasteiger partial charge in [0.05, 0.1) is 23.6 Å². The molecule has 0 amide bonds. The van der Waals surface area contributed by atoms with E-state index in [2.05, 4.69) is 37.9 Å². The van der Waals surface area contributed by atoms with Crippen LogP contribution in [0.1, 0.15) is 11.5 Å². The molecule has 0 saturated heterocycles. The first-order valence-corrected chi connectivity index (χ1v) is 6.30. The number of nitrogens with one attached hydrogen (secondary N) is 1. The zero-order valence-electron chi connectivity index (χ0n) is 9.44. The van der Waals surface area contributed by atoms with Crippen LogP contribution in [0, 0.1) is 10.5 Å². The van der Waals surface area contributed by atoms with Gasteiger partial charge in [-0.15, -0.1) is 0 Å². The van der Waals surface area contributed by atoms with Crippen LogP contribution >= 0.6 is 22.6 Å². The third kappa shape index (κ3) is 3.29. The summed E-state index contributed by atoms with van der Waals surface area (Å²) in [5.74, 6) is 0.778. The van der Waals surface area contributed by atoms with Gasteiger partial charge >= 0.3 is 0 Å². The number of halogens is 1. The summed E-state index contributed by atoms with van der Waals surface area (Å²) < 4.78 is 1.13. The highest BCUT2D eigenvalue weighted by atomic mass is 127. The Hall–Kier alpha value is -1.37. The average molecular weight is 340 g/mol. The van der Waals surface area contributed by atoms with Gasteiger partial charge in [0.15, 0.2) is 0 Å². The van der Waals surface area contributed by atoms with Crippen molar-refractivity contribution in [1.29, 1.82) is 0 Å². The number of nitrogens with zero attached hydrogens (tertiary/aromatic N) is 2. The monoisotopic (exact) mass is 340 g/mol.